The van der Waals surface area contributed by atoms with E-state index >= 15 is 0 Å². The van der Waals surface area contributed by atoms with Gasteiger partial charge in [0.25, 0.3) is 0 Å². The fraction of sp³-hybridized carbons (Fsp3) is 0.750. The average molecular weight is 112 g/mol. The number of hydrogen-bond donors (Lipinski definition) is 0. The van der Waals surface area contributed by atoms with Crippen molar-refractivity contribution >= 4 is 0 Å². The minimum atomic E-state index is 0. The Morgan fingerprint density at radius 2 is 2.00 bits per heavy atom. The van der Waals surface area contributed by atoms with Crippen LogP contribution in [-0.2, 0) is 9.47 Å². The standard InChI is InChI=1S/C4H7O2.Li.H2O/c1-2-6-4-3-5-1;;/h1H,2-4H2;;1H2/q-1;+1;. The summed E-state index contributed by atoms with van der Waals surface area (Å²) < 4.78 is 9.71. The molecule has 0 aromatic carbocycles. The molecule has 2 N–H and O–H groups in total. The summed E-state index contributed by atoms with van der Waals surface area (Å²) in [4.78, 5) is 0. The molecule has 3 nitrogen and oxygen atoms in total. The van der Waals surface area contributed by atoms with Crippen molar-refractivity contribution in [2.75, 3.05) is 19.8 Å². The van der Waals surface area contributed by atoms with E-state index in [9.17, 15) is 0 Å². The maximum Gasteiger partial charge on any atom is 1.00 e. The summed E-state index contributed by atoms with van der Waals surface area (Å²) >= 11 is 0. The summed E-state index contributed by atoms with van der Waals surface area (Å²) in [6.45, 7) is 3.79. The van der Waals surface area contributed by atoms with Crippen LogP contribution in [0.5, 0.6) is 0 Å². The molecule has 1 saturated heterocycles. The number of rotatable bonds is 0. The van der Waals surface area contributed by atoms with Crippen molar-refractivity contribution < 1.29 is 33.8 Å². The van der Waals surface area contributed by atoms with Crippen molar-refractivity contribution in [3.63, 3.8) is 0 Å². The van der Waals surface area contributed by atoms with Crippen molar-refractivity contribution in [2.45, 2.75) is 0 Å². The molecule has 0 unspecified atom stereocenters. The Morgan fingerprint density at radius 1 is 1.25 bits per heavy atom. The summed E-state index contributed by atoms with van der Waals surface area (Å²) in [5.41, 5.74) is 0. The van der Waals surface area contributed by atoms with E-state index in [1.165, 1.54) is 0 Å². The smallest absolute Gasteiger partial charge is 0.548 e. The van der Waals surface area contributed by atoms with E-state index in [4.69, 9.17) is 9.47 Å². The molecule has 0 saturated carbocycles. The second kappa shape index (κ2) is 7.48. The molecular weight excluding hydrogens is 103 g/mol. The third kappa shape index (κ3) is 4.63. The number of hydrogen-bond acceptors (Lipinski definition) is 2. The van der Waals surface area contributed by atoms with Crippen molar-refractivity contribution in [2.24, 2.45) is 0 Å². The van der Waals surface area contributed by atoms with Gasteiger partial charge in [-0.15, -0.1) is 0 Å². The molecule has 1 aliphatic rings. The van der Waals surface area contributed by atoms with Gasteiger partial charge in [-0.3, -0.25) is 0 Å². The summed E-state index contributed by atoms with van der Waals surface area (Å²) in [5, 5.41) is 0. The van der Waals surface area contributed by atoms with Crippen LogP contribution < -0.4 is 18.9 Å². The van der Waals surface area contributed by atoms with E-state index in [-0.39, 0.29) is 24.3 Å². The SMILES string of the molecule is O.[CH-]1COCCO1.[Li+]. The van der Waals surface area contributed by atoms with E-state index < -0.39 is 0 Å². The molecule has 44 valence electrons. The molecule has 1 heterocycles. The Balaban J connectivity index is 0. The third-order valence-corrected chi connectivity index (χ3v) is 0.649. The summed E-state index contributed by atoms with van der Waals surface area (Å²) in [6, 6.07) is 0. The Hall–Kier alpha value is 0.477. The zero-order valence-corrected chi connectivity index (χ0v) is 5.02. The van der Waals surface area contributed by atoms with Gasteiger partial charge in [-0.2, -0.15) is 6.61 Å². The zero-order valence-electron chi connectivity index (χ0n) is 5.02. The van der Waals surface area contributed by atoms with Crippen LogP contribution in [0.3, 0.4) is 0 Å². The van der Waals surface area contributed by atoms with Crippen molar-refractivity contribution in [3.8, 4) is 0 Å². The van der Waals surface area contributed by atoms with Gasteiger partial charge in [0.2, 0.25) is 0 Å². The second-order valence-electron chi connectivity index (χ2n) is 1.11. The monoisotopic (exact) mass is 112 g/mol. The maximum atomic E-state index is 4.89. The maximum absolute atomic E-state index is 4.89. The first-order valence-electron chi connectivity index (χ1n) is 2.01. The van der Waals surface area contributed by atoms with E-state index in [0.717, 1.165) is 13.2 Å². The summed E-state index contributed by atoms with van der Waals surface area (Å²) in [5.74, 6) is 0. The summed E-state index contributed by atoms with van der Waals surface area (Å²) in [7, 11) is 0. The van der Waals surface area contributed by atoms with Crippen molar-refractivity contribution in [3.05, 3.63) is 6.61 Å². The molecule has 0 aromatic heterocycles. The van der Waals surface area contributed by atoms with Crippen LogP contribution in [-0.4, -0.2) is 25.3 Å². The van der Waals surface area contributed by atoms with Gasteiger partial charge in [0, 0.05) is 6.61 Å². The first-order valence-corrected chi connectivity index (χ1v) is 2.01. The Morgan fingerprint density at radius 3 is 2.12 bits per heavy atom. The van der Waals surface area contributed by atoms with Crippen LogP contribution >= 0.6 is 0 Å². The molecule has 8 heavy (non-hydrogen) atoms. The molecule has 0 radical (unpaired) electrons. The van der Waals surface area contributed by atoms with E-state index in [1.807, 2.05) is 0 Å². The molecule has 1 aliphatic heterocycles. The Bertz CT molecular complexity index is 26.8. The molecule has 0 spiro atoms. The van der Waals surface area contributed by atoms with Gasteiger partial charge in [0.1, 0.15) is 0 Å². The van der Waals surface area contributed by atoms with Gasteiger partial charge in [-0.05, 0) is 0 Å². The predicted octanol–water partition coefficient (Wildman–Crippen LogP) is -3.63. The van der Waals surface area contributed by atoms with Gasteiger partial charge in [0.05, 0.1) is 6.61 Å². The molecule has 1 rings (SSSR count). The molecule has 0 amide bonds. The van der Waals surface area contributed by atoms with Crippen LogP contribution in [0.2, 0.25) is 0 Å². The van der Waals surface area contributed by atoms with E-state index in [2.05, 4.69) is 0 Å². The normalized spacial score (nSPS) is 18.0. The molecule has 1 fully saturated rings. The molecular formula is C4H9LiO3. The van der Waals surface area contributed by atoms with Crippen LogP contribution in [0.15, 0.2) is 0 Å². The fourth-order valence-corrected chi connectivity index (χ4v) is 0.370. The predicted molar refractivity (Wildman–Crippen MR) is 24.7 cm³/mol. The summed E-state index contributed by atoms with van der Waals surface area (Å²) in [6.07, 6.45) is 0. The van der Waals surface area contributed by atoms with Crippen LogP contribution in [0, 0.1) is 6.61 Å². The second-order valence-corrected chi connectivity index (χ2v) is 1.11. The molecule has 0 atom stereocenters. The average Bonchev–Trinajstić information content (AvgIpc) is 1.72. The van der Waals surface area contributed by atoms with Crippen molar-refractivity contribution in [1.82, 2.24) is 0 Å². The molecule has 0 bridgehead atoms. The first-order chi connectivity index (χ1) is 3.00. The van der Waals surface area contributed by atoms with Crippen molar-refractivity contribution in [1.29, 1.82) is 0 Å². The number of ether oxygens (including phenoxy) is 2. The fourth-order valence-electron chi connectivity index (χ4n) is 0.370. The first kappa shape index (κ1) is 11.3. The zero-order chi connectivity index (χ0) is 4.24. The van der Waals surface area contributed by atoms with Crippen LogP contribution in [0.25, 0.3) is 0 Å². The van der Waals surface area contributed by atoms with E-state index in [0.29, 0.717) is 6.61 Å². The quantitative estimate of drug-likeness (QED) is 0.240. The van der Waals surface area contributed by atoms with Gasteiger partial charge in [0.15, 0.2) is 0 Å². The third-order valence-electron chi connectivity index (χ3n) is 0.649. The van der Waals surface area contributed by atoms with Crippen LogP contribution in [0.1, 0.15) is 0 Å². The van der Waals surface area contributed by atoms with Gasteiger partial charge in [-0.1, -0.05) is 6.61 Å². The van der Waals surface area contributed by atoms with E-state index in [1.54, 1.807) is 6.61 Å². The Kier molecular flexibility index (Phi) is 10.6. The minimum absolute atomic E-state index is 0. The van der Waals surface area contributed by atoms with Gasteiger partial charge in [-0.25, -0.2) is 0 Å². The topological polar surface area (TPSA) is 50.0 Å². The van der Waals surface area contributed by atoms with Gasteiger partial charge >= 0.3 is 18.9 Å². The molecule has 0 aromatic rings. The van der Waals surface area contributed by atoms with Gasteiger partial charge < -0.3 is 14.9 Å². The molecule has 4 heteroatoms. The largest absolute Gasteiger partial charge is 1.00 e. The minimum Gasteiger partial charge on any atom is -0.548 e. The van der Waals surface area contributed by atoms with Crippen LogP contribution in [0.4, 0.5) is 0 Å². The Labute approximate surface area is 60.8 Å². The molecule has 0 aliphatic carbocycles.